The van der Waals surface area contributed by atoms with Gasteiger partial charge in [0.25, 0.3) is 0 Å². The third-order valence-electron chi connectivity index (χ3n) is 6.51. The van der Waals surface area contributed by atoms with Crippen LogP contribution >= 0.6 is 0 Å². The number of hydrogen-bond donors (Lipinski definition) is 3. The Morgan fingerprint density at radius 1 is 1.14 bits per heavy atom. The van der Waals surface area contributed by atoms with Gasteiger partial charge in [-0.25, -0.2) is 4.98 Å². The van der Waals surface area contributed by atoms with E-state index in [2.05, 4.69) is 41.9 Å². The highest BCUT2D eigenvalue weighted by Crippen LogP contribution is 2.37. The number of aromatic amines is 1. The molecule has 6 rings (SSSR count). The SMILES string of the molecule is CCOc1cc2ncc(C#N)c(Nc3ccc(Oc4cc5nncn5cn4)c(C)c3)c2cc1NC(=O)/C=C/c1ccc[nH]1. The van der Waals surface area contributed by atoms with Crippen LogP contribution in [0.5, 0.6) is 17.4 Å². The molecule has 1 amide bonds. The van der Waals surface area contributed by atoms with Crippen molar-refractivity contribution in [2.45, 2.75) is 13.8 Å². The Morgan fingerprint density at radius 3 is 2.84 bits per heavy atom. The third kappa shape index (κ3) is 5.82. The smallest absolute Gasteiger partial charge is 0.248 e. The van der Waals surface area contributed by atoms with Crippen LogP contribution in [-0.2, 0) is 4.79 Å². The number of fused-ring (bicyclic) bond motifs is 2. The van der Waals surface area contributed by atoms with Crippen LogP contribution in [0.2, 0.25) is 0 Å². The van der Waals surface area contributed by atoms with Crippen LogP contribution in [0, 0.1) is 18.3 Å². The number of carbonyl (C=O) groups is 1. The van der Waals surface area contributed by atoms with Crippen molar-refractivity contribution in [1.29, 1.82) is 5.26 Å². The molecular weight excluding hydrogens is 546 g/mol. The monoisotopic (exact) mass is 571 g/mol. The van der Waals surface area contributed by atoms with E-state index in [0.717, 1.165) is 16.9 Å². The highest BCUT2D eigenvalue weighted by Gasteiger charge is 2.16. The van der Waals surface area contributed by atoms with Gasteiger partial charge in [-0.1, -0.05) is 0 Å². The fourth-order valence-electron chi connectivity index (χ4n) is 4.46. The lowest BCUT2D eigenvalue weighted by Gasteiger charge is -2.16. The highest BCUT2D eigenvalue weighted by atomic mass is 16.5. The number of nitrogens with one attached hydrogen (secondary N) is 3. The maximum atomic E-state index is 12.8. The third-order valence-corrected chi connectivity index (χ3v) is 6.51. The van der Waals surface area contributed by atoms with E-state index < -0.39 is 0 Å². The van der Waals surface area contributed by atoms with Crippen LogP contribution in [0.25, 0.3) is 22.6 Å². The van der Waals surface area contributed by atoms with Gasteiger partial charge >= 0.3 is 0 Å². The topological polar surface area (TPSA) is 155 Å². The van der Waals surface area contributed by atoms with E-state index in [9.17, 15) is 10.1 Å². The van der Waals surface area contributed by atoms with Gasteiger partial charge in [-0.3, -0.25) is 14.2 Å². The van der Waals surface area contributed by atoms with E-state index in [1.54, 1.807) is 47.5 Å². The number of rotatable bonds is 9. The number of nitriles is 1. The predicted molar refractivity (Wildman–Crippen MR) is 161 cm³/mol. The maximum Gasteiger partial charge on any atom is 0.248 e. The molecule has 0 spiro atoms. The number of benzene rings is 2. The number of aromatic nitrogens is 6. The number of pyridine rings is 1. The van der Waals surface area contributed by atoms with Crippen LogP contribution in [0.1, 0.15) is 23.7 Å². The molecule has 0 saturated carbocycles. The average molecular weight is 572 g/mol. The molecular formula is C31H25N9O3. The number of ether oxygens (including phenoxy) is 2. The lowest BCUT2D eigenvalue weighted by atomic mass is 10.1. The van der Waals surface area contributed by atoms with Crippen molar-refractivity contribution >= 4 is 45.6 Å². The Kier molecular flexibility index (Phi) is 7.35. The number of hydrogen-bond acceptors (Lipinski definition) is 9. The van der Waals surface area contributed by atoms with Crippen molar-refractivity contribution in [2.24, 2.45) is 0 Å². The van der Waals surface area contributed by atoms with E-state index in [-0.39, 0.29) is 5.91 Å². The first-order valence-electron chi connectivity index (χ1n) is 13.3. The summed E-state index contributed by atoms with van der Waals surface area (Å²) < 4.78 is 13.5. The van der Waals surface area contributed by atoms with Crippen LogP contribution in [0.3, 0.4) is 0 Å². The summed E-state index contributed by atoms with van der Waals surface area (Å²) in [5, 5.41) is 24.7. The van der Waals surface area contributed by atoms with Crippen molar-refractivity contribution in [3.05, 3.63) is 96.5 Å². The van der Waals surface area contributed by atoms with Crippen molar-refractivity contribution in [3.8, 4) is 23.4 Å². The summed E-state index contributed by atoms with van der Waals surface area (Å²) in [5.74, 6) is 1.13. The van der Waals surface area contributed by atoms with Gasteiger partial charge in [0.1, 0.15) is 30.2 Å². The molecule has 0 unspecified atom stereocenters. The Hall–Kier alpha value is -6.22. The molecule has 12 nitrogen and oxygen atoms in total. The van der Waals surface area contributed by atoms with Crippen LogP contribution < -0.4 is 20.1 Å². The molecule has 0 bridgehead atoms. The summed E-state index contributed by atoms with van der Waals surface area (Å²) in [6, 6.07) is 16.7. The van der Waals surface area contributed by atoms with Gasteiger partial charge in [0.05, 0.1) is 29.1 Å². The fourth-order valence-corrected chi connectivity index (χ4v) is 4.46. The molecule has 0 saturated heterocycles. The van der Waals surface area contributed by atoms with Gasteiger partial charge in [-0.2, -0.15) is 5.26 Å². The molecule has 4 heterocycles. The molecule has 43 heavy (non-hydrogen) atoms. The lowest BCUT2D eigenvalue weighted by Crippen LogP contribution is -2.10. The van der Waals surface area contributed by atoms with Crippen LogP contribution in [-0.4, -0.2) is 42.1 Å². The van der Waals surface area contributed by atoms with Gasteiger partial charge in [0, 0.05) is 47.4 Å². The number of carbonyl (C=O) groups excluding carboxylic acids is 1. The second-order valence-corrected chi connectivity index (χ2v) is 9.44. The largest absolute Gasteiger partial charge is 0.492 e. The molecule has 0 fully saturated rings. The summed E-state index contributed by atoms with van der Waals surface area (Å²) in [7, 11) is 0. The highest BCUT2D eigenvalue weighted by molar-refractivity contribution is 6.06. The van der Waals surface area contributed by atoms with Crippen molar-refractivity contribution in [1.82, 2.24) is 29.5 Å². The van der Waals surface area contributed by atoms with E-state index in [1.807, 2.05) is 44.2 Å². The minimum Gasteiger partial charge on any atom is -0.492 e. The molecule has 0 aliphatic heterocycles. The van der Waals surface area contributed by atoms with E-state index in [4.69, 9.17) is 9.47 Å². The Balaban J connectivity index is 1.31. The Labute approximate surface area is 245 Å². The van der Waals surface area contributed by atoms with E-state index in [0.29, 0.717) is 57.5 Å². The number of nitrogens with zero attached hydrogens (tertiary/aromatic N) is 6. The zero-order valence-electron chi connectivity index (χ0n) is 23.2. The molecule has 6 aromatic rings. The quantitative estimate of drug-likeness (QED) is 0.183. The predicted octanol–water partition coefficient (Wildman–Crippen LogP) is 5.77. The second kappa shape index (κ2) is 11.7. The van der Waals surface area contributed by atoms with Crippen molar-refractivity contribution < 1.29 is 14.3 Å². The first-order chi connectivity index (χ1) is 21.0. The molecule has 4 aromatic heterocycles. The maximum absolute atomic E-state index is 12.8. The summed E-state index contributed by atoms with van der Waals surface area (Å²) >= 11 is 0. The van der Waals surface area contributed by atoms with Gasteiger partial charge < -0.3 is 25.1 Å². The van der Waals surface area contributed by atoms with Crippen molar-refractivity contribution in [3.63, 3.8) is 0 Å². The minimum atomic E-state index is -0.335. The molecule has 0 aliphatic carbocycles. The number of amides is 1. The second-order valence-electron chi connectivity index (χ2n) is 9.44. The first kappa shape index (κ1) is 27.0. The molecule has 0 atom stereocenters. The Bertz CT molecular complexity index is 2020. The Morgan fingerprint density at radius 2 is 2.05 bits per heavy atom. The summed E-state index contributed by atoms with van der Waals surface area (Å²) in [6.45, 7) is 4.16. The lowest BCUT2D eigenvalue weighted by molar-refractivity contribution is -0.111. The van der Waals surface area contributed by atoms with Crippen LogP contribution in [0.4, 0.5) is 17.1 Å². The summed E-state index contributed by atoms with van der Waals surface area (Å²) in [6.07, 6.45) is 9.54. The molecule has 0 aliphatic rings. The molecule has 3 N–H and O–H groups in total. The first-order valence-corrected chi connectivity index (χ1v) is 13.3. The van der Waals surface area contributed by atoms with E-state index >= 15 is 0 Å². The van der Waals surface area contributed by atoms with Gasteiger partial charge in [0.15, 0.2) is 5.65 Å². The molecule has 2 aromatic carbocycles. The standard InChI is InChI=1S/C31H25N9O3/c1-3-42-27-13-24-23(12-25(27)38-29(41)9-7-21-5-4-10-33-21)31(20(15-32)16-34-24)37-22-6-8-26(19(2)11-22)43-30-14-28-39-36-18-40(28)17-35-30/h4-14,16-18,33H,3H2,1-2H3,(H,34,37)(H,38,41)/b9-7+. The minimum absolute atomic E-state index is 0.335. The fraction of sp³-hybridized carbons (Fsp3) is 0.0968. The average Bonchev–Trinajstić information content (AvgIpc) is 3.70. The zero-order valence-corrected chi connectivity index (χ0v) is 23.2. The number of anilines is 3. The molecule has 0 radical (unpaired) electrons. The molecule has 12 heteroatoms. The number of H-pyrrole nitrogens is 1. The van der Waals surface area contributed by atoms with E-state index in [1.165, 1.54) is 12.3 Å². The summed E-state index contributed by atoms with van der Waals surface area (Å²) in [5.41, 5.74) is 4.91. The van der Waals surface area contributed by atoms with Crippen LogP contribution in [0.15, 0.2) is 79.7 Å². The summed E-state index contributed by atoms with van der Waals surface area (Å²) in [4.78, 5) is 24.6. The molecule has 212 valence electrons. The number of aryl methyl sites for hydroxylation is 1. The van der Waals surface area contributed by atoms with Gasteiger partial charge in [-0.05, 0) is 61.9 Å². The van der Waals surface area contributed by atoms with Gasteiger partial charge in [0.2, 0.25) is 11.8 Å². The zero-order chi connectivity index (χ0) is 29.8. The van der Waals surface area contributed by atoms with Gasteiger partial charge in [-0.15, -0.1) is 10.2 Å². The van der Waals surface area contributed by atoms with Crippen molar-refractivity contribution in [2.75, 3.05) is 17.2 Å². The normalized spacial score (nSPS) is 11.1.